The second kappa shape index (κ2) is 9.15. The third kappa shape index (κ3) is 5.97. The molecule has 2 N–H and O–H groups in total. The first-order valence-corrected chi connectivity index (χ1v) is 10.2. The molecule has 0 radical (unpaired) electrons. The standard InChI is InChI=1S/C19H19ClN2OS2/c20-16-5-1-4-15(10-16)11-21-19(23)14-22(12-17-6-2-8-24-17)13-18-7-3-9-25-18/h1-10H,11-14H2,(H,21,23)/p+1. The maximum absolute atomic E-state index is 12.4. The van der Waals surface area contributed by atoms with Crippen LogP contribution >= 0.6 is 34.3 Å². The van der Waals surface area contributed by atoms with Gasteiger partial charge in [0.15, 0.2) is 6.54 Å². The Hall–Kier alpha value is -1.66. The number of halogens is 1. The van der Waals surface area contributed by atoms with Crippen molar-refractivity contribution < 1.29 is 9.69 Å². The van der Waals surface area contributed by atoms with E-state index in [1.165, 1.54) is 14.7 Å². The number of carbonyl (C=O) groups excluding carboxylic acids is 1. The fourth-order valence-electron chi connectivity index (χ4n) is 2.64. The molecule has 0 aliphatic rings. The Morgan fingerprint density at radius 3 is 2.24 bits per heavy atom. The van der Waals surface area contributed by atoms with E-state index in [0.717, 1.165) is 18.7 Å². The van der Waals surface area contributed by atoms with Gasteiger partial charge in [0.2, 0.25) is 0 Å². The van der Waals surface area contributed by atoms with Crippen LogP contribution in [0.25, 0.3) is 0 Å². The van der Waals surface area contributed by atoms with Gasteiger partial charge in [0, 0.05) is 11.6 Å². The molecule has 0 saturated carbocycles. The molecule has 1 aromatic carbocycles. The minimum atomic E-state index is 0.0584. The summed E-state index contributed by atoms with van der Waals surface area (Å²) in [5.74, 6) is 0.0584. The molecule has 3 aromatic rings. The van der Waals surface area contributed by atoms with Crippen molar-refractivity contribution in [2.75, 3.05) is 6.54 Å². The number of hydrogen-bond donors (Lipinski definition) is 2. The van der Waals surface area contributed by atoms with E-state index >= 15 is 0 Å². The molecule has 0 saturated heterocycles. The summed E-state index contributed by atoms with van der Waals surface area (Å²) in [6.45, 7) is 2.68. The molecule has 6 heteroatoms. The molecule has 0 fully saturated rings. The normalized spacial score (nSPS) is 11.0. The number of hydrogen-bond acceptors (Lipinski definition) is 3. The average molecular weight is 392 g/mol. The molecule has 0 aliphatic carbocycles. The Kier molecular flexibility index (Phi) is 6.64. The molecular weight excluding hydrogens is 372 g/mol. The van der Waals surface area contributed by atoms with Crippen molar-refractivity contribution >= 4 is 40.2 Å². The van der Waals surface area contributed by atoms with Crippen LogP contribution in [0.3, 0.4) is 0 Å². The van der Waals surface area contributed by atoms with Crippen LogP contribution in [0.1, 0.15) is 15.3 Å². The monoisotopic (exact) mass is 391 g/mol. The number of quaternary nitrogens is 1. The van der Waals surface area contributed by atoms with Crippen molar-refractivity contribution in [1.82, 2.24) is 5.32 Å². The third-order valence-corrected chi connectivity index (χ3v) is 5.79. The first-order chi connectivity index (χ1) is 12.2. The van der Waals surface area contributed by atoms with Gasteiger partial charge < -0.3 is 10.2 Å². The van der Waals surface area contributed by atoms with Crippen LogP contribution in [0.2, 0.25) is 5.02 Å². The largest absolute Gasteiger partial charge is 0.347 e. The second-order valence-electron chi connectivity index (χ2n) is 5.85. The van der Waals surface area contributed by atoms with Crippen LogP contribution in [0.15, 0.2) is 59.3 Å². The molecule has 0 bridgehead atoms. The van der Waals surface area contributed by atoms with E-state index in [4.69, 9.17) is 11.6 Å². The molecule has 0 unspecified atom stereocenters. The summed E-state index contributed by atoms with van der Waals surface area (Å²) in [5.41, 5.74) is 1.01. The third-order valence-electron chi connectivity index (χ3n) is 3.80. The highest BCUT2D eigenvalue weighted by atomic mass is 35.5. The smallest absolute Gasteiger partial charge is 0.275 e. The lowest BCUT2D eigenvalue weighted by atomic mass is 10.2. The van der Waals surface area contributed by atoms with E-state index in [0.29, 0.717) is 18.1 Å². The van der Waals surface area contributed by atoms with Crippen molar-refractivity contribution in [3.05, 3.63) is 79.6 Å². The zero-order valence-electron chi connectivity index (χ0n) is 13.7. The van der Waals surface area contributed by atoms with Crippen molar-refractivity contribution in [2.45, 2.75) is 19.6 Å². The molecule has 2 heterocycles. The van der Waals surface area contributed by atoms with Crippen molar-refractivity contribution in [1.29, 1.82) is 0 Å². The van der Waals surface area contributed by atoms with Crippen LogP contribution in [0.5, 0.6) is 0 Å². The van der Waals surface area contributed by atoms with E-state index in [9.17, 15) is 4.79 Å². The number of carbonyl (C=O) groups is 1. The quantitative estimate of drug-likeness (QED) is 0.606. The molecule has 25 heavy (non-hydrogen) atoms. The van der Waals surface area contributed by atoms with E-state index in [-0.39, 0.29) is 5.91 Å². The minimum Gasteiger partial charge on any atom is -0.347 e. The molecule has 3 rings (SSSR count). The van der Waals surface area contributed by atoms with Gasteiger partial charge in [0.25, 0.3) is 5.91 Å². The topological polar surface area (TPSA) is 33.5 Å². The van der Waals surface area contributed by atoms with Gasteiger partial charge in [-0.1, -0.05) is 35.9 Å². The highest BCUT2D eigenvalue weighted by Crippen LogP contribution is 2.10. The average Bonchev–Trinajstić information content (AvgIpc) is 3.27. The van der Waals surface area contributed by atoms with Crippen molar-refractivity contribution in [3.8, 4) is 0 Å². The summed E-state index contributed by atoms with van der Waals surface area (Å²) in [4.78, 5) is 16.3. The summed E-state index contributed by atoms with van der Waals surface area (Å²) < 4.78 is 0. The Balaban J connectivity index is 1.57. The van der Waals surface area contributed by atoms with E-state index in [1.807, 2.05) is 24.3 Å². The highest BCUT2D eigenvalue weighted by molar-refractivity contribution is 7.10. The van der Waals surface area contributed by atoms with Crippen LogP contribution in [-0.2, 0) is 24.4 Å². The van der Waals surface area contributed by atoms with Crippen LogP contribution in [0, 0.1) is 0 Å². The molecule has 3 nitrogen and oxygen atoms in total. The molecule has 0 aliphatic heterocycles. The van der Waals surface area contributed by atoms with Gasteiger partial charge in [0.05, 0.1) is 9.75 Å². The predicted molar refractivity (Wildman–Crippen MR) is 105 cm³/mol. The SMILES string of the molecule is O=C(C[NH+](Cc1cccs1)Cc1cccs1)NCc1cccc(Cl)c1. The maximum atomic E-state index is 12.4. The predicted octanol–water partition coefficient (Wildman–Crippen LogP) is 3.36. The summed E-state index contributed by atoms with van der Waals surface area (Å²) in [6, 6.07) is 15.9. The number of nitrogens with one attached hydrogen (secondary N) is 2. The Morgan fingerprint density at radius 1 is 1.00 bits per heavy atom. The number of amides is 1. The van der Waals surface area contributed by atoms with Gasteiger partial charge in [-0.05, 0) is 40.6 Å². The van der Waals surface area contributed by atoms with Gasteiger partial charge in [-0.3, -0.25) is 4.79 Å². The van der Waals surface area contributed by atoms with Crippen LogP contribution in [0.4, 0.5) is 0 Å². The molecular formula is C19H20ClN2OS2+. The van der Waals surface area contributed by atoms with Gasteiger partial charge in [0.1, 0.15) is 13.1 Å². The zero-order chi connectivity index (χ0) is 17.5. The van der Waals surface area contributed by atoms with E-state index in [1.54, 1.807) is 22.7 Å². The van der Waals surface area contributed by atoms with Crippen LogP contribution in [-0.4, -0.2) is 12.5 Å². The molecule has 0 spiro atoms. The number of rotatable bonds is 8. The van der Waals surface area contributed by atoms with Gasteiger partial charge in [-0.15, -0.1) is 22.7 Å². The Morgan fingerprint density at radius 2 is 1.68 bits per heavy atom. The first kappa shape index (κ1) is 18.1. The molecule has 130 valence electrons. The lowest BCUT2D eigenvalue weighted by Gasteiger charge is -2.18. The van der Waals surface area contributed by atoms with Crippen molar-refractivity contribution in [2.24, 2.45) is 0 Å². The van der Waals surface area contributed by atoms with Gasteiger partial charge in [-0.25, -0.2) is 0 Å². The van der Waals surface area contributed by atoms with E-state index in [2.05, 4.69) is 40.3 Å². The molecule has 0 atom stereocenters. The number of thiophene rings is 2. The lowest BCUT2D eigenvalue weighted by Crippen LogP contribution is -3.10. The fraction of sp³-hybridized carbons (Fsp3) is 0.211. The van der Waals surface area contributed by atoms with E-state index < -0.39 is 0 Å². The maximum Gasteiger partial charge on any atom is 0.275 e. The molecule has 1 amide bonds. The summed E-state index contributed by atoms with van der Waals surface area (Å²) in [7, 11) is 0. The summed E-state index contributed by atoms with van der Waals surface area (Å²) >= 11 is 9.47. The van der Waals surface area contributed by atoms with Gasteiger partial charge in [-0.2, -0.15) is 0 Å². The zero-order valence-corrected chi connectivity index (χ0v) is 16.1. The fourth-order valence-corrected chi connectivity index (χ4v) is 4.41. The van der Waals surface area contributed by atoms with Gasteiger partial charge >= 0.3 is 0 Å². The first-order valence-electron chi connectivity index (χ1n) is 8.08. The molecule has 2 aromatic heterocycles. The summed E-state index contributed by atoms with van der Waals surface area (Å²) in [5, 5.41) is 7.85. The Labute approximate surface area is 160 Å². The lowest BCUT2D eigenvalue weighted by molar-refractivity contribution is -0.919. The van der Waals surface area contributed by atoms with Crippen molar-refractivity contribution in [3.63, 3.8) is 0 Å². The minimum absolute atomic E-state index is 0.0584. The summed E-state index contributed by atoms with van der Waals surface area (Å²) in [6.07, 6.45) is 0. The van der Waals surface area contributed by atoms with Crippen LogP contribution < -0.4 is 10.2 Å². The highest BCUT2D eigenvalue weighted by Gasteiger charge is 2.16. The second-order valence-corrected chi connectivity index (χ2v) is 8.35. The Bertz CT molecular complexity index is 751. The number of benzene rings is 1.